The molecule has 0 spiro atoms. The average Bonchev–Trinajstić information content (AvgIpc) is 2.71. The van der Waals surface area contributed by atoms with Crippen molar-refractivity contribution in [3.05, 3.63) is 83.4 Å². The first-order valence-corrected chi connectivity index (χ1v) is 9.05. The van der Waals surface area contributed by atoms with Crippen molar-refractivity contribution < 1.29 is 14.3 Å². The molecule has 0 radical (unpaired) electrons. The highest BCUT2D eigenvalue weighted by molar-refractivity contribution is 6.33. The van der Waals surface area contributed by atoms with Gasteiger partial charge in [0, 0.05) is 11.3 Å². The molecule has 142 valence electrons. The molecule has 0 heterocycles. The standard InChI is InChI=1S/C22H19ClN2O3/c1-14(28-22(27)16-11-12-18(23)19(24)13-16)21(26)25-20-10-6-5-9-17(20)15-7-3-2-4-8-15/h2-14H,24H2,1H3,(H,25,26)/t14-/m1/s1. The molecule has 3 rings (SSSR count). The van der Waals surface area contributed by atoms with Gasteiger partial charge in [-0.15, -0.1) is 0 Å². The molecule has 1 atom stereocenters. The fourth-order valence-corrected chi connectivity index (χ4v) is 2.77. The number of carbonyl (C=O) groups is 2. The predicted molar refractivity (Wildman–Crippen MR) is 111 cm³/mol. The number of nitrogens with two attached hydrogens (primary N) is 1. The quantitative estimate of drug-likeness (QED) is 0.482. The summed E-state index contributed by atoms with van der Waals surface area (Å²) in [5.74, 6) is -1.08. The predicted octanol–water partition coefficient (Wildman–Crippen LogP) is 4.77. The van der Waals surface area contributed by atoms with E-state index in [4.69, 9.17) is 22.1 Å². The van der Waals surface area contributed by atoms with Gasteiger partial charge in [0.2, 0.25) is 0 Å². The minimum Gasteiger partial charge on any atom is -0.449 e. The second-order valence-corrected chi connectivity index (χ2v) is 6.59. The van der Waals surface area contributed by atoms with Crippen molar-refractivity contribution in [2.45, 2.75) is 13.0 Å². The molecule has 0 bridgehead atoms. The van der Waals surface area contributed by atoms with Crippen molar-refractivity contribution in [1.29, 1.82) is 0 Å². The van der Waals surface area contributed by atoms with Crippen molar-refractivity contribution in [3.8, 4) is 11.1 Å². The van der Waals surface area contributed by atoms with Crippen LogP contribution in [0.15, 0.2) is 72.8 Å². The third-order valence-corrected chi connectivity index (χ3v) is 4.50. The fraction of sp³-hybridized carbons (Fsp3) is 0.0909. The molecule has 0 aliphatic carbocycles. The van der Waals surface area contributed by atoms with Gasteiger partial charge in [-0.05, 0) is 36.8 Å². The highest BCUT2D eigenvalue weighted by Crippen LogP contribution is 2.27. The third kappa shape index (κ3) is 4.50. The number of nitrogens with one attached hydrogen (secondary N) is 1. The molecule has 0 aromatic heterocycles. The van der Waals surface area contributed by atoms with Crippen LogP contribution in [0.5, 0.6) is 0 Å². The van der Waals surface area contributed by atoms with Crippen LogP contribution in [0.4, 0.5) is 11.4 Å². The van der Waals surface area contributed by atoms with Crippen LogP contribution in [0.3, 0.4) is 0 Å². The Balaban J connectivity index is 1.71. The third-order valence-electron chi connectivity index (χ3n) is 4.15. The number of carbonyl (C=O) groups excluding carboxylic acids is 2. The number of halogens is 1. The van der Waals surface area contributed by atoms with Crippen LogP contribution >= 0.6 is 11.6 Å². The van der Waals surface area contributed by atoms with E-state index in [9.17, 15) is 9.59 Å². The van der Waals surface area contributed by atoms with E-state index >= 15 is 0 Å². The van der Waals surface area contributed by atoms with Gasteiger partial charge in [0.25, 0.3) is 5.91 Å². The molecule has 3 aromatic rings. The molecule has 28 heavy (non-hydrogen) atoms. The van der Waals surface area contributed by atoms with Gasteiger partial charge in [-0.1, -0.05) is 60.1 Å². The van der Waals surface area contributed by atoms with Crippen LogP contribution in [0.25, 0.3) is 11.1 Å². The van der Waals surface area contributed by atoms with E-state index < -0.39 is 18.0 Å². The van der Waals surface area contributed by atoms with E-state index in [0.29, 0.717) is 10.7 Å². The number of benzene rings is 3. The number of amides is 1. The van der Waals surface area contributed by atoms with E-state index in [1.165, 1.54) is 25.1 Å². The first kappa shape index (κ1) is 19.5. The lowest BCUT2D eigenvalue weighted by molar-refractivity contribution is -0.123. The number of anilines is 2. The summed E-state index contributed by atoms with van der Waals surface area (Å²) in [6.07, 6.45) is -0.992. The summed E-state index contributed by atoms with van der Waals surface area (Å²) < 4.78 is 5.26. The summed E-state index contributed by atoms with van der Waals surface area (Å²) in [4.78, 5) is 24.8. The zero-order valence-electron chi connectivity index (χ0n) is 15.2. The number of nitrogen functional groups attached to an aromatic ring is 1. The molecule has 6 heteroatoms. The molecule has 0 fully saturated rings. The van der Waals surface area contributed by atoms with Crippen LogP contribution in [0.2, 0.25) is 5.02 Å². The number of ether oxygens (including phenoxy) is 1. The second-order valence-electron chi connectivity index (χ2n) is 6.18. The summed E-state index contributed by atoms with van der Waals surface area (Å²) in [6, 6.07) is 21.6. The molecule has 0 aliphatic rings. The maximum absolute atomic E-state index is 12.5. The van der Waals surface area contributed by atoms with E-state index in [0.717, 1.165) is 11.1 Å². The Kier molecular flexibility index (Phi) is 5.96. The topological polar surface area (TPSA) is 81.4 Å². The number of rotatable bonds is 5. The minimum absolute atomic E-state index is 0.228. The molecule has 3 aromatic carbocycles. The van der Waals surface area contributed by atoms with Gasteiger partial charge in [0.05, 0.1) is 16.3 Å². The maximum atomic E-state index is 12.5. The van der Waals surface area contributed by atoms with Crippen molar-refractivity contribution in [1.82, 2.24) is 0 Å². The first-order chi connectivity index (χ1) is 13.5. The van der Waals surface area contributed by atoms with Gasteiger partial charge in [-0.25, -0.2) is 4.79 Å². The summed E-state index contributed by atoms with van der Waals surface area (Å²) in [6.45, 7) is 1.51. The average molecular weight is 395 g/mol. The molecule has 3 N–H and O–H groups in total. The first-order valence-electron chi connectivity index (χ1n) is 8.67. The van der Waals surface area contributed by atoms with Crippen LogP contribution < -0.4 is 11.1 Å². The van der Waals surface area contributed by atoms with Crippen molar-refractivity contribution in [2.24, 2.45) is 0 Å². The highest BCUT2D eigenvalue weighted by Gasteiger charge is 2.20. The normalized spacial score (nSPS) is 11.5. The fourth-order valence-electron chi connectivity index (χ4n) is 2.65. The van der Waals surface area contributed by atoms with Gasteiger partial charge < -0.3 is 15.8 Å². The van der Waals surface area contributed by atoms with Gasteiger partial charge >= 0.3 is 5.97 Å². The maximum Gasteiger partial charge on any atom is 0.338 e. The molecular weight excluding hydrogens is 376 g/mol. The van der Waals surface area contributed by atoms with Gasteiger partial charge in [-0.3, -0.25) is 4.79 Å². The molecule has 0 unspecified atom stereocenters. The number of hydrogen-bond acceptors (Lipinski definition) is 4. The Morgan fingerprint density at radius 2 is 1.68 bits per heavy atom. The molecule has 1 amide bonds. The molecule has 0 saturated carbocycles. The summed E-state index contributed by atoms with van der Waals surface area (Å²) in [7, 11) is 0. The Bertz CT molecular complexity index is 1010. The summed E-state index contributed by atoms with van der Waals surface area (Å²) in [5.41, 5.74) is 8.68. The van der Waals surface area contributed by atoms with Crippen LogP contribution in [0, 0.1) is 0 Å². The van der Waals surface area contributed by atoms with E-state index in [1.54, 1.807) is 6.07 Å². The van der Waals surface area contributed by atoms with Crippen LogP contribution in [-0.2, 0) is 9.53 Å². The van der Waals surface area contributed by atoms with Crippen LogP contribution in [-0.4, -0.2) is 18.0 Å². The Hall–Kier alpha value is -3.31. The van der Waals surface area contributed by atoms with E-state index in [1.807, 2.05) is 48.5 Å². The van der Waals surface area contributed by atoms with Crippen molar-refractivity contribution in [2.75, 3.05) is 11.1 Å². The van der Waals surface area contributed by atoms with Gasteiger partial charge in [0.1, 0.15) is 0 Å². The lowest BCUT2D eigenvalue weighted by Gasteiger charge is -2.16. The SMILES string of the molecule is C[C@@H](OC(=O)c1ccc(Cl)c(N)c1)C(=O)Nc1ccccc1-c1ccccc1. The number of hydrogen-bond donors (Lipinski definition) is 2. The van der Waals surface area contributed by atoms with Crippen molar-refractivity contribution in [3.63, 3.8) is 0 Å². The minimum atomic E-state index is -0.992. The van der Waals surface area contributed by atoms with Gasteiger partial charge in [0.15, 0.2) is 6.10 Å². The molecule has 0 saturated heterocycles. The molecule has 0 aliphatic heterocycles. The summed E-state index contributed by atoms with van der Waals surface area (Å²) >= 11 is 5.86. The van der Waals surface area contributed by atoms with E-state index in [2.05, 4.69) is 5.32 Å². The second kappa shape index (κ2) is 8.59. The molecule has 5 nitrogen and oxygen atoms in total. The summed E-state index contributed by atoms with van der Waals surface area (Å²) in [5, 5.41) is 3.17. The largest absolute Gasteiger partial charge is 0.449 e. The monoisotopic (exact) mass is 394 g/mol. The number of para-hydroxylation sites is 1. The zero-order chi connectivity index (χ0) is 20.1. The van der Waals surface area contributed by atoms with Gasteiger partial charge in [-0.2, -0.15) is 0 Å². The van der Waals surface area contributed by atoms with Crippen molar-refractivity contribution >= 4 is 34.9 Å². The highest BCUT2D eigenvalue weighted by atomic mass is 35.5. The Labute approximate surface area is 168 Å². The zero-order valence-corrected chi connectivity index (χ0v) is 15.9. The number of esters is 1. The lowest BCUT2D eigenvalue weighted by atomic mass is 10.0. The smallest absolute Gasteiger partial charge is 0.338 e. The van der Waals surface area contributed by atoms with E-state index in [-0.39, 0.29) is 11.3 Å². The Morgan fingerprint density at radius 1 is 1.00 bits per heavy atom. The van der Waals surface area contributed by atoms with Crippen LogP contribution in [0.1, 0.15) is 17.3 Å². The Morgan fingerprint density at radius 3 is 2.39 bits per heavy atom. The lowest BCUT2D eigenvalue weighted by Crippen LogP contribution is -2.30. The molecular formula is C22H19ClN2O3.